The highest BCUT2D eigenvalue weighted by Gasteiger charge is 2.00. The second kappa shape index (κ2) is 7.89. The average Bonchev–Trinajstić information content (AvgIpc) is 2.52. The SMILES string of the molecule is CCCCCCc1cccc(-c2cccc(CC)c2)c1. The first-order chi connectivity index (χ1) is 9.83. The van der Waals surface area contributed by atoms with Crippen LogP contribution in [0.4, 0.5) is 0 Å². The Labute approximate surface area is 123 Å². The summed E-state index contributed by atoms with van der Waals surface area (Å²) >= 11 is 0. The molecule has 2 rings (SSSR count). The van der Waals surface area contributed by atoms with E-state index in [9.17, 15) is 0 Å². The molecule has 0 unspecified atom stereocenters. The zero-order chi connectivity index (χ0) is 14.2. The molecule has 0 aromatic heterocycles. The lowest BCUT2D eigenvalue weighted by atomic mass is 9.98. The van der Waals surface area contributed by atoms with Crippen LogP contribution in [0.15, 0.2) is 48.5 Å². The van der Waals surface area contributed by atoms with Gasteiger partial charge in [-0.2, -0.15) is 0 Å². The van der Waals surface area contributed by atoms with Crippen molar-refractivity contribution in [2.45, 2.75) is 52.4 Å². The van der Waals surface area contributed by atoms with Crippen molar-refractivity contribution >= 4 is 0 Å². The molecule has 0 amide bonds. The van der Waals surface area contributed by atoms with Crippen LogP contribution >= 0.6 is 0 Å². The summed E-state index contributed by atoms with van der Waals surface area (Å²) in [5.74, 6) is 0. The normalized spacial score (nSPS) is 10.7. The monoisotopic (exact) mass is 266 g/mol. The van der Waals surface area contributed by atoms with E-state index in [-0.39, 0.29) is 0 Å². The fraction of sp³-hybridized carbons (Fsp3) is 0.400. The lowest BCUT2D eigenvalue weighted by Gasteiger charge is -2.07. The molecule has 2 aromatic carbocycles. The van der Waals surface area contributed by atoms with Crippen LogP contribution in [-0.2, 0) is 12.8 Å². The Morgan fingerprint density at radius 2 is 1.35 bits per heavy atom. The number of hydrogen-bond acceptors (Lipinski definition) is 0. The van der Waals surface area contributed by atoms with Crippen molar-refractivity contribution < 1.29 is 0 Å². The maximum absolute atomic E-state index is 2.36. The molecule has 0 aliphatic carbocycles. The van der Waals surface area contributed by atoms with E-state index in [1.54, 1.807) is 0 Å². The Bertz CT molecular complexity index is 525. The van der Waals surface area contributed by atoms with Gasteiger partial charge in [0.1, 0.15) is 0 Å². The first-order valence-electron chi connectivity index (χ1n) is 8.01. The minimum Gasteiger partial charge on any atom is -0.0654 e. The van der Waals surface area contributed by atoms with Gasteiger partial charge in [0.25, 0.3) is 0 Å². The molecule has 0 saturated carbocycles. The number of hydrogen-bond donors (Lipinski definition) is 0. The molecule has 0 aliphatic heterocycles. The van der Waals surface area contributed by atoms with E-state index >= 15 is 0 Å². The van der Waals surface area contributed by atoms with E-state index < -0.39 is 0 Å². The number of rotatable bonds is 7. The summed E-state index contributed by atoms with van der Waals surface area (Å²) in [5, 5.41) is 0. The third-order valence-electron chi connectivity index (χ3n) is 3.91. The molecule has 0 N–H and O–H groups in total. The summed E-state index contributed by atoms with van der Waals surface area (Å²) in [5.41, 5.74) is 5.59. The van der Waals surface area contributed by atoms with Gasteiger partial charge in [-0.05, 0) is 41.5 Å². The molecule has 2 aromatic rings. The highest BCUT2D eigenvalue weighted by Crippen LogP contribution is 2.22. The van der Waals surface area contributed by atoms with Gasteiger partial charge in [0, 0.05) is 0 Å². The summed E-state index contributed by atoms with van der Waals surface area (Å²) in [6.07, 6.45) is 7.65. The molecule has 0 aliphatic rings. The van der Waals surface area contributed by atoms with Crippen LogP contribution in [0.2, 0.25) is 0 Å². The molecule has 0 atom stereocenters. The van der Waals surface area contributed by atoms with Gasteiger partial charge in [-0.15, -0.1) is 0 Å². The Kier molecular flexibility index (Phi) is 5.86. The van der Waals surface area contributed by atoms with Gasteiger partial charge in [-0.25, -0.2) is 0 Å². The number of unbranched alkanes of at least 4 members (excludes halogenated alkanes) is 3. The Balaban J connectivity index is 2.08. The van der Waals surface area contributed by atoms with Crippen molar-refractivity contribution in [2.24, 2.45) is 0 Å². The molecule has 106 valence electrons. The first kappa shape index (κ1) is 14.8. The standard InChI is InChI=1S/C20H26/c1-3-5-6-7-10-18-12-9-14-20(16-18)19-13-8-11-17(4-2)15-19/h8-9,11-16H,3-7,10H2,1-2H3. The Morgan fingerprint density at radius 1 is 0.700 bits per heavy atom. The molecule has 0 spiro atoms. The summed E-state index contributed by atoms with van der Waals surface area (Å²) in [4.78, 5) is 0. The molecule has 0 fully saturated rings. The van der Waals surface area contributed by atoms with Gasteiger partial charge in [0.05, 0.1) is 0 Å². The van der Waals surface area contributed by atoms with Crippen LogP contribution in [0, 0.1) is 0 Å². The minimum absolute atomic E-state index is 1.10. The van der Waals surface area contributed by atoms with Crippen molar-refractivity contribution in [2.75, 3.05) is 0 Å². The molecule has 0 heteroatoms. The predicted octanol–water partition coefficient (Wildman–Crippen LogP) is 6.04. The average molecular weight is 266 g/mol. The van der Waals surface area contributed by atoms with Gasteiger partial charge >= 0.3 is 0 Å². The van der Waals surface area contributed by atoms with Crippen LogP contribution in [-0.4, -0.2) is 0 Å². The predicted molar refractivity (Wildman–Crippen MR) is 89.1 cm³/mol. The zero-order valence-electron chi connectivity index (χ0n) is 12.9. The molecule has 0 radical (unpaired) electrons. The fourth-order valence-electron chi connectivity index (χ4n) is 2.63. The minimum atomic E-state index is 1.10. The maximum atomic E-state index is 2.36. The number of benzene rings is 2. The van der Waals surface area contributed by atoms with Crippen LogP contribution in [0.5, 0.6) is 0 Å². The Morgan fingerprint density at radius 3 is 2.00 bits per heavy atom. The molecular formula is C20H26. The second-order valence-corrected chi connectivity index (χ2v) is 5.56. The van der Waals surface area contributed by atoms with E-state index in [4.69, 9.17) is 0 Å². The van der Waals surface area contributed by atoms with E-state index in [0.29, 0.717) is 0 Å². The van der Waals surface area contributed by atoms with E-state index in [2.05, 4.69) is 62.4 Å². The van der Waals surface area contributed by atoms with Crippen molar-refractivity contribution in [3.8, 4) is 11.1 Å². The topological polar surface area (TPSA) is 0 Å². The smallest absolute Gasteiger partial charge is 0.0181 e. The second-order valence-electron chi connectivity index (χ2n) is 5.56. The highest BCUT2D eigenvalue weighted by molar-refractivity contribution is 5.64. The lowest BCUT2D eigenvalue weighted by Crippen LogP contribution is -1.88. The summed E-state index contributed by atoms with van der Waals surface area (Å²) in [6.45, 7) is 4.48. The molecule has 20 heavy (non-hydrogen) atoms. The fourth-order valence-corrected chi connectivity index (χ4v) is 2.63. The van der Waals surface area contributed by atoms with Gasteiger partial charge in [-0.1, -0.05) is 81.6 Å². The van der Waals surface area contributed by atoms with Crippen LogP contribution in [0.3, 0.4) is 0 Å². The summed E-state index contributed by atoms with van der Waals surface area (Å²) in [7, 11) is 0. The van der Waals surface area contributed by atoms with Crippen molar-refractivity contribution in [3.63, 3.8) is 0 Å². The van der Waals surface area contributed by atoms with E-state index in [1.165, 1.54) is 54.4 Å². The Hall–Kier alpha value is -1.56. The molecule has 0 bridgehead atoms. The van der Waals surface area contributed by atoms with Crippen molar-refractivity contribution in [1.29, 1.82) is 0 Å². The zero-order valence-corrected chi connectivity index (χ0v) is 12.9. The van der Waals surface area contributed by atoms with Crippen molar-refractivity contribution in [3.05, 3.63) is 59.7 Å². The van der Waals surface area contributed by atoms with Crippen LogP contribution < -0.4 is 0 Å². The third kappa shape index (κ3) is 4.23. The van der Waals surface area contributed by atoms with Crippen LogP contribution in [0.25, 0.3) is 11.1 Å². The summed E-state index contributed by atoms with van der Waals surface area (Å²) in [6, 6.07) is 18.0. The van der Waals surface area contributed by atoms with Gasteiger partial charge < -0.3 is 0 Å². The maximum Gasteiger partial charge on any atom is -0.0181 e. The van der Waals surface area contributed by atoms with Gasteiger partial charge in [0.15, 0.2) is 0 Å². The molecule has 0 saturated heterocycles. The molecule has 0 nitrogen and oxygen atoms in total. The van der Waals surface area contributed by atoms with Crippen LogP contribution in [0.1, 0.15) is 50.7 Å². The van der Waals surface area contributed by atoms with Crippen molar-refractivity contribution in [1.82, 2.24) is 0 Å². The summed E-state index contributed by atoms with van der Waals surface area (Å²) < 4.78 is 0. The lowest BCUT2D eigenvalue weighted by molar-refractivity contribution is 0.667. The highest BCUT2D eigenvalue weighted by atomic mass is 14.1. The third-order valence-corrected chi connectivity index (χ3v) is 3.91. The first-order valence-corrected chi connectivity index (χ1v) is 8.01. The molecule has 0 heterocycles. The quantitative estimate of drug-likeness (QED) is 0.536. The van der Waals surface area contributed by atoms with E-state index in [1.807, 2.05) is 0 Å². The van der Waals surface area contributed by atoms with E-state index in [0.717, 1.165) is 6.42 Å². The van der Waals surface area contributed by atoms with Gasteiger partial charge in [-0.3, -0.25) is 0 Å². The number of aryl methyl sites for hydroxylation is 2. The van der Waals surface area contributed by atoms with Gasteiger partial charge in [0.2, 0.25) is 0 Å². The molecular weight excluding hydrogens is 240 g/mol. The largest absolute Gasteiger partial charge is 0.0654 e.